The molecule has 1 atom stereocenters. The van der Waals surface area contributed by atoms with Crippen LogP contribution in [0.2, 0.25) is 0 Å². The maximum Gasteiger partial charge on any atom is 0.274 e. The number of para-hydroxylation sites is 2. The molecule has 33 heavy (non-hydrogen) atoms. The number of nitrogens with zero attached hydrogens (tertiary/aromatic N) is 3. The Morgan fingerprint density at radius 3 is 2.73 bits per heavy atom. The number of imidazole rings is 1. The SMILES string of the molecule is CC(C)n1c(CN2CC[C@@]3(CCc4cc(C(=O)NO)ccc4C3)C2=O)nc2ccccc21.S. The van der Waals surface area contributed by atoms with Crippen molar-refractivity contribution in [1.29, 1.82) is 0 Å². The van der Waals surface area contributed by atoms with Crippen LogP contribution in [0.1, 0.15) is 60.0 Å². The van der Waals surface area contributed by atoms with Crippen LogP contribution in [0.5, 0.6) is 0 Å². The van der Waals surface area contributed by atoms with Crippen LogP contribution in [0, 0.1) is 5.41 Å². The lowest BCUT2D eigenvalue weighted by Gasteiger charge is -2.33. The first-order valence-electron chi connectivity index (χ1n) is 11.2. The number of rotatable bonds is 4. The summed E-state index contributed by atoms with van der Waals surface area (Å²) in [5.41, 5.74) is 6.03. The minimum Gasteiger partial charge on any atom is -0.335 e. The Balaban J connectivity index is 0.00000259. The average molecular weight is 467 g/mol. The van der Waals surface area contributed by atoms with Crippen LogP contribution in [0.25, 0.3) is 11.0 Å². The number of aromatic nitrogens is 2. The maximum atomic E-state index is 13.6. The Morgan fingerprint density at radius 1 is 1.18 bits per heavy atom. The van der Waals surface area contributed by atoms with Gasteiger partial charge in [0.05, 0.1) is 23.0 Å². The van der Waals surface area contributed by atoms with Gasteiger partial charge in [0.1, 0.15) is 5.82 Å². The highest BCUT2D eigenvalue weighted by atomic mass is 32.1. The zero-order valence-corrected chi connectivity index (χ0v) is 20.0. The Kier molecular flexibility index (Phi) is 6.24. The lowest BCUT2D eigenvalue weighted by atomic mass is 9.70. The fourth-order valence-electron chi connectivity index (χ4n) is 5.46. The van der Waals surface area contributed by atoms with E-state index >= 15 is 0 Å². The largest absolute Gasteiger partial charge is 0.335 e. The first kappa shape index (κ1) is 23.3. The van der Waals surface area contributed by atoms with Gasteiger partial charge in [0.2, 0.25) is 5.91 Å². The van der Waals surface area contributed by atoms with Crippen molar-refractivity contribution in [1.82, 2.24) is 19.9 Å². The molecule has 3 aromatic rings. The number of aryl methyl sites for hydroxylation is 1. The predicted octanol–water partition coefficient (Wildman–Crippen LogP) is 3.76. The van der Waals surface area contributed by atoms with Crippen LogP contribution in [-0.4, -0.2) is 38.0 Å². The molecule has 1 aromatic heterocycles. The summed E-state index contributed by atoms with van der Waals surface area (Å²) in [7, 11) is 0. The first-order valence-corrected chi connectivity index (χ1v) is 11.2. The van der Waals surface area contributed by atoms with Gasteiger partial charge in [-0.25, -0.2) is 10.5 Å². The second-order valence-corrected chi connectivity index (χ2v) is 9.34. The van der Waals surface area contributed by atoms with Crippen molar-refractivity contribution in [2.24, 2.45) is 5.41 Å². The van der Waals surface area contributed by atoms with Crippen molar-refractivity contribution in [3.05, 3.63) is 65.0 Å². The van der Waals surface area contributed by atoms with E-state index in [4.69, 9.17) is 10.2 Å². The Labute approximate surface area is 200 Å². The van der Waals surface area contributed by atoms with Crippen LogP contribution in [0.15, 0.2) is 42.5 Å². The van der Waals surface area contributed by atoms with E-state index in [0.29, 0.717) is 18.5 Å². The zero-order chi connectivity index (χ0) is 22.5. The predicted molar refractivity (Wildman–Crippen MR) is 131 cm³/mol. The molecule has 174 valence electrons. The molecule has 8 heteroatoms. The summed E-state index contributed by atoms with van der Waals surface area (Å²) >= 11 is 0. The van der Waals surface area contributed by atoms with Gasteiger partial charge in [0, 0.05) is 18.2 Å². The third kappa shape index (κ3) is 3.91. The normalized spacial score (nSPS) is 19.8. The maximum absolute atomic E-state index is 13.6. The summed E-state index contributed by atoms with van der Waals surface area (Å²) in [6, 6.07) is 13.9. The number of hydrogen-bond acceptors (Lipinski definition) is 4. The molecule has 1 aliphatic carbocycles. The van der Waals surface area contributed by atoms with E-state index in [0.717, 1.165) is 53.8 Å². The molecule has 1 spiro atoms. The molecule has 2 aliphatic rings. The highest BCUT2D eigenvalue weighted by Gasteiger charge is 2.48. The fourth-order valence-corrected chi connectivity index (χ4v) is 5.46. The summed E-state index contributed by atoms with van der Waals surface area (Å²) in [4.78, 5) is 32.2. The standard InChI is InChI=1S/C25H28N4O3.H2S/c1-16(2)29-21-6-4-3-5-20(21)26-22(29)15-28-12-11-25(24(28)31)10-9-17-13-18(23(30)27-32)7-8-19(17)14-25;/h3-8,13,16,32H,9-12,14-15H2,1-2H3,(H,27,30);1H2/t25-;/m1./s1. The number of fused-ring (bicyclic) bond motifs is 2. The van der Waals surface area contributed by atoms with E-state index in [2.05, 4.69) is 24.5 Å². The first-order chi connectivity index (χ1) is 15.4. The number of carbonyl (C=O) groups is 2. The molecule has 1 aliphatic heterocycles. The van der Waals surface area contributed by atoms with Crippen LogP contribution in [0.3, 0.4) is 0 Å². The van der Waals surface area contributed by atoms with Crippen molar-refractivity contribution in [2.45, 2.75) is 52.1 Å². The summed E-state index contributed by atoms with van der Waals surface area (Å²) in [6.45, 7) is 5.55. The quantitative estimate of drug-likeness (QED) is 0.453. The van der Waals surface area contributed by atoms with E-state index < -0.39 is 5.91 Å². The monoisotopic (exact) mass is 466 g/mol. The molecule has 2 N–H and O–H groups in total. The van der Waals surface area contributed by atoms with Gasteiger partial charge in [-0.05, 0) is 74.9 Å². The summed E-state index contributed by atoms with van der Waals surface area (Å²) < 4.78 is 2.23. The Morgan fingerprint density at radius 2 is 1.97 bits per heavy atom. The summed E-state index contributed by atoms with van der Waals surface area (Å²) in [5, 5.41) is 8.89. The van der Waals surface area contributed by atoms with Gasteiger partial charge in [-0.1, -0.05) is 18.2 Å². The van der Waals surface area contributed by atoms with E-state index in [1.54, 1.807) is 11.5 Å². The number of likely N-dealkylation sites (tertiary alicyclic amines) is 1. The van der Waals surface area contributed by atoms with E-state index in [1.807, 2.05) is 35.2 Å². The van der Waals surface area contributed by atoms with E-state index in [1.165, 1.54) is 0 Å². The fraction of sp³-hybridized carbons (Fsp3) is 0.400. The van der Waals surface area contributed by atoms with Crippen molar-refractivity contribution in [3.63, 3.8) is 0 Å². The second-order valence-electron chi connectivity index (χ2n) is 9.34. The lowest BCUT2D eigenvalue weighted by Crippen LogP contribution is -2.39. The molecule has 1 saturated heterocycles. The number of hydroxylamine groups is 1. The van der Waals surface area contributed by atoms with Crippen LogP contribution >= 0.6 is 13.5 Å². The molecular formula is C25H30N4O3S. The highest BCUT2D eigenvalue weighted by molar-refractivity contribution is 7.59. The van der Waals surface area contributed by atoms with Gasteiger partial charge < -0.3 is 9.47 Å². The molecule has 2 aromatic carbocycles. The molecule has 7 nitrogen and oxygen atoms in total. The van der Waals surface area contributed by atoms with Crippen LogP contribution in [-0.2, 0) is 24.2 Å². The molecule has 2 amide bonds. The molecule has 1 fully saturated rings. The van der Waals surface area contributed by atoms with Crippen molar-refractivity contribution in [2.75, 3.05) is 6.54 Å². The molecular weight excluding hydrogens is 436 g/mol. The molecule has 5 rings (SSSR count). The second kappa shape index (κ2) is 8.83. The number of amides is 2. The number of benzene rings is 2. The minimum absolute atomic E-state index is 0. The van der Waals surface area contributed by atoms with Crippen molar-refractivity contribution >= 4 is 36.3 Å². The third-order valence-electron chi connectivity index (χ3n) is 7.09. The zero-order valence-electron chi connectivity index (χ0n) is 19.0. The number of carbonyl (C=O) groups excluding carboxylic acids is 2. The van der Waals surface area contributed by atoms with Gasteiger partial charge in [0.15, 0.2) is 0 Å². The van der Waals surface area contributed by atoms with Gasteiger partial charge in [-0.3, -0.25) is 14.8 Å². The van der Waals surface area contributed by atoms with E-state index in [-0.39, 0.29) is 30.9 Å². The van der Waals surface area contributed by atoms with Gasteiger partial charge in [-0.2, -0.15) is 13.5 Å². The van der Waals surface area contributed by atoms with Crippen LogP contribution < -0.4 is 5.48 Å². The summed E-state index contributed by atoms with van der Waals surface area (Å²) in [6.07, 6.45) is 3.07. The van der Waals surface area contributed by atoms with Crippen LogP contribution in [0.4, 0.5) is 0 Å². The number of nitrogens with one attached hydrogen (secondary N) is 1. The highest BCUT2D eigenvalue weighted by Crippen LogP contribution is 2.44. The lowest BCUT2D eigenvalue weighted by molar-refractivity contribution is -0.137. The summed E-state index contributed by atoms with van der Waals surface area (Å²) in [5.74, 6) is 0.634. The van der Waals surface area contributed by atoms with Gasteiger partial charge in [-0.15, -0.1) is 0 Å². The van der Waals surface area contributed by atoms with Crippen molar-refractivity contribution < 1.29 is 14.8 Å². The number of hydrogen-bond donors (Lipinski definition) is 2. The Bertz CT molecular complexity index is 1220. The minimum atomic E-state index is -0.510. The molecule has 0 saturated carbocycles. The molecule has 0 radical (unpaired) electrons. The average Bonchev–Trinajstić information content (AvgIpc) is 3.31. The van der Waals surface area contributed by atoms with E-state index in [9.17, 15) is 9.59 Å². The Hall–Kier alpha value is -2.84. The topological polar surface area (TPSA) is 87.5 Å². The molecule has 2 heterocycles. The molecule has 0 bridgehead atoms. The molecule has 0 unspecified atom stereocenters. The third-order valence-corrected chi connectivity index (χ3v) is 7.09. The smallest absolute Gasteiger partial charge is 0.274 e. The van der Waals surface area contributed by atoms with Crippen molar-refractivity contribution in [3.8, 4) is 0 Å². The van der Waals surface area contributed by atoms with Gasteiger partial charge >= 0.3 is 0 Å². The van der Waals surface area contributed by atoms with Gasteiger partial charge in [0.25, 0.3) is 5.91 Å².